The van der Waals surface area contributed by atoms with Crippen LogP contribution >= 0.6 is 24.2 Å². The average Bonchev–Trinajstić information content (AvgIpc) is 2.36. The topological polar surface area (TPSA) is 55.1 Å². The number of rotatable bonds is 5. The molecular formula is C13H21ClN2OS. The third-order valence-electron chi connectivity index (χ3n) is 2.80. The lowest BCUT2D eigenvalue weighted by atomic mass is 9.92. The Labute approximate surface area is 119 Å². The van der Waals surface area contributed by atoms with Crippen LogP contribution in [0.25, 0.3) is 0 Å². The molecule has 0 fully saturated rings. The summed E-state index contributed by atoms with van der Waals surface area (Å²) in [6.07, 6.45) is 2.02. The van der Waals surface area contributed by atoms with Crippen molar-refractivity contribution in [1.82, 2.24) is 5.32 Å². The lowest BCUT2D eigenvalue weighted by Gasteiger charge is -2.24. The van der Waals surface area contributed by atoms with E-state index in [2.05, 4.69) is 12.2 Å². The molecule has 1 aromatic rings. The van der Waals surface area contributed by atoms with Gasteiger partial charge in [-0.15, -0.1) is 12.4 Å². The third kappa shape index (κ3) is 4.52. The summed E-state index contributed by atoms with van der Waals surface area (Å²) in [5.74, 6) is -0.135. The molecule has 1 rings (SSSR count). The maximum absolute atomic E-state index is 12.0. The van der Waals surface area contributed by atoms with Crippen LogP contribution in [0.4, 0.5) is 0 Å². The molecule has 0 spiro atoms. The summed E-state index contributed by atoms with van der Waals surface area (Å²) in [5, 5.41) is 3.28. The van der Waals surface area contributed by atoms with Gasteiger partial charge in [-0.1, -0.05) is 37.3 Å². The van der Waals surface area contributed by atoms with Gasteiger partial charge in [-0.3, -0.25) is 4.79 Å². The predicted molar refractivity (Wildman–Crippen MR) is 81.2 cm³/mol. The number of carbonyl (C=O) groups is 1. The fraction of sp³-hybridized carbons (Fsp3) is 0.462. The molecule has 0 aliphatic rings. The molecule has 2 unspecified atom stereocenters. The Morgan fingerprint density at radius 2 is 2.00 bits per heavy atom. The van der Waals surface area contributed by atoms with Gasteiger partial charge >= 0.3 is 0 Å². The molecule has 1 amide bonds. The van der Waals surface area contributed by atoms with E-state index in [9.17, 15) is 4.79 Å². The summed E-state index contributed by atoms with van der Waals surface area (Å²) in [6.45, 7) is 4.45. The van der Waals surface area contributed by atoms with Crippen molar-refractivity contribution in [2.45, 2.75) is 24.6 Å². The summed E-state index contributed by atoms with van der Waals surface area (Å²) in [7, 11) is 0. The standard InChI is InChI=1S/C13H20N2OS.ClH/c1-10(17-3)9-15-12(16)13(2,14)11-7-5-4-6-8-11;/h4-8,10H,9,14H2,1-3H3,(H,15,16);1H. The van der Waals surface area contributed by atoms with Gasteiger partial charge in [0.25, 0.3) is 0 Å². The van der Waals surface area contributed by atoms with Crippen molar-refractivity contribution in [3.8, 4) is 0 Å². The van der Waals surface area contributed by atoms with Crippen LogP contribution in [0.1, 0.15) is 19.4 Å². The van der Waals surface area contributed by atoms with Crippen LogP contribution in [0.3, 0.4) is 0 Å². The van der Waals surface area contributed by atoms with E-state index in [1.807, 2.05) is 36.6 Å². The SMILES string of the molecule is CSC(C)CNC(=O)C(C)(N)c1ccccc1.Cl. The van der Waals surface area contributed by atoms with Crippen LogP contribution in [0.2, 0.25) is 0 Å². The minimum Gasteiger partial charge on any atom is -0.353 e. The molecule has 5 heteroatoms. The van der Waals surface area contributed by atoms with Crippen LogP contribution in [0, 0.1) is 0 Å². The van der Waals surface area contributed by atoms with E-state index in [-0.39, 0.29) is 18.3 Å². The van der Waals surface area contributed by atoms with Gasteiger partial charge in [0.2, 0.25) is 5.91 Å². The normalized spacial score (nSPS) is 15.1. The minimum absolute atomic E-state index is 0. The van der Waals surface area contributed by atoms with Crippen LogP contribution in [0.5, 0.6) is 0 Å². The number of nitrogens with one attached hydrogen (secondary N) is 1. The molecule has 0 aromatic heterocycles. The quantitative estimate of drug-likeness (QED) is 0.873. The second kappa shape index (κ2) is 7.67. The summed E-state index contributed by atoms with van der Waals surface area (Å²) in [4.78, 5) is 12.0. The predicted octanol–water partition coefficient (Wildman–Crippen LogP) is 2.15. The molecule has 0 bridgehead atoms. The smallest absolute Gasteiger partial charge is 0.244 e. The fourth-order valence-electron chi connectivity index (χ4n) is 1.42. The Morgan fingerprint density at radius 1 is 1.44 bits per heavy atom. The van der Waals surface area contributed by atoms with E-state index in [1.54, 1.807) is 18.7 Å². The molecule has 102 valence electrons. The lowest BCUT2D eigenvalue weighted by molar-refractivity contribution is -0.126. The maximum Gasteiger partial charge on any atom is 0.244 e. The summed E-state index contributed by atoms with van der Waals surface area (Å²) < 4.78 is 0. The molecule has 0 aliphatic heterocycles. The van der Waals surface area contributed by atoms with Gasteiger partial charge in [-0.2, -0.15) is 11.8 Å². The first-order valence-corrected chi connectivity index (χ1v) is 6.92. The molecular weight excluding hydrogens is 268 g/mol. The number of benzene rings is 1. The van der Waals surface area contributed by atoms with Crippen LogP contribution in [0.15, 0.2) is 30.3 Å². The zero-order chi connectivity index (χ0) is 12.9. The number of hydrogen-bond donors (Lipinski definition) is 2. The highest BCUT2D eigenvalue weighted by Crippen LogP contribution is 2.17. The Bertz CT molecular complexity index is 371. The number of thioether (sulfide) groups is 1. The van der Waals surface area contributed by atoms with Gasteiger partial charge in [0.1, 0.15) is 5.54 Å². The zero-order valence-corrected chi connectivity index (χ0v) is 12.6. The number of nitrogens with two attached hydrogens (primary N) is 1. The van der Waals surface area contributed by atoms with E-state index >= 15 is 0 Å². The van der Waals surface area contributed by atoms with Crippen molar-refractivity contribution in [3.63, 3.8) is 0 Å². The monoisotopic (exact) mass is 288 g/mol. The molecule has 18 heavy (non-hydrogen) atoms. The summed E-state index contributed by atoms with van der Waals surface area (Å²) in [5.41, 5.74) is 5.95. The highest BCUT2D eigenvalue weighted by atomic mass is 35.5. The van der Waals surface area contributed by atoms with E-state index in [1.165, 1.54) is 0 Å². The van der Waals surface area contributed by atoms with Crippen molar-refractivity contribution in [3.05, 3.63) is 35.9 Å². The Balaban J connectivity index is 0.00000289. The van der Waals surface area contributed by atoms with Gasteiger partial charge < -0.3 is 11.1 Å². The van der Waals surface area contributed by atoms with Gasteiger partial charge in [0.05, 0.1) is 0 Å². The maximum atomic E-state index is 12.0. The molecule has 2 atom stereocenters. The first kappa shape index (κ1) is 17.3. The first-order chi connectivity index (χ1) is 7.98. The molecule has 0 saturated heterocycles. The Morgan fingerprint density at radius 3 is 2.50 bits per heavy atom. The van der Waals surface area contributed by atoms with Crippen molar-refractivity contribution < 1.29 is 4.79 Å². The van der Waals surface area contributed by atoms with Crippen molar-refractivity contribution >= 4 is 30.1 Å². The largest absolute Gasteiger partial charge is 0.353 e. The first-order valence-electron chi connectivity index (χ1n) is 5.64. The highest BCUT2D eigenvalue weighted by Gasteiger charge is 2.30. The molecule has 0 heterocycles. The van der Waals surface area contributed by atoms with E-state index in [0.717, 1.165) is 5.56 Å². The molecule has 3 N–H and O–H groups in total. The highest BCUT2D eigenvalue weighted by molar-refractivity contribution is 7.99. The number of halogens is 1. The second-order valence-corrected chi connectivity index (χ2v) is 5.60. The summed E-state index contributed by atoms with van der Waals surface area (Å²) >= 11 is 1.72. The summed E-state index contributed by atoms with van der Waals surface area (Å²) in [6, 6.07) is 9.43. The number of carbonyl (C=O) groups excluding carboxylic acids is 1. The molecule has 1 aromatic carbocycles. The third-order valence-corrected chi connectivity index (χ3v) is 3.77. The molecule has 0 saturated carbocycles. The van der Waals surface area contributed by atoms with Crippen LogP contribution in [-0.2, 0) is 10.3 Å². The Hall–Kier alpha value is -0.710. The molecule has 3 nitrogen and oxygen atoms in total. The van der Waals surface area contributed by atoms with Gasteiger partial charge in [0.15, 0.2) is 0 Å². The molecule has 0 radical (unpaired) electrons. The number of hydrogen-bond acceptors (Lipinski definition) is 3. The van der Waals surface area contributed by atoms with Crippen molar-refractivity contribution in [1.29, 1.82) is 0 Å². The Kier molecular flexibility index (Phi) is 7.36. The van der Waals surface area contributed by atoms with Gasteiger partial charge in [-0.25, -0.2) is 0 Å². The molecule has 0 aliphatic carbocycles. The van der Waals surface area contributed by atoms with E-state index in [0.29, 0.717) is 11.8 Å². The van der Waals surface area contributed by atoms with Crippen molar-refractivity contribution in [2.75, 3.05) is 12.8 Å². The van der Waals surface area contributed by atoms with Crippen molar-refractivity contribution in [2.24, 2.45) is 5.73 Å². The zero-order valence-electron chi connectivity index (χ0n) is 11.0. The van der Waals surface area contributed by atoms with Gasteiger partial charge in [0, 0.05) is 11.8 Å². The fourth-order valence-corrected chi connectivity index (χ4v) is 1.67. The van der Waals surface area contributed by atoms with Gasteiger partial charge in [-0.05, 0) is 18.7 Å². The minimum atomic E-state index is -0.973. The second-order valence-electron chi connectivity index (χ2n) is 4.32. The van der Waals surface area contributed by atoms with E-state index in [4.69, 9.17) is 5.73 Å². The van der Waals surface area contributed by atoms with Crippen LogP contribution in [-0.4, -0.2) is 24.0 Å². The van der Waals surface area contributed by atoms with Crippen LogP contribution < -0.4 is 11.1 Å². The lowest BCUT2D eigenvalue weighted by Crippen LogP contribution is -2.50. The average molecular weight is 289 g/mol. The van der Waals surface area contributed by atoms with E-state index < -0.39 is 5.54 Å². The number of amides is 1.